The van der Waals surface area contributed by atoms with Crippen molar-refractivity contribution in [2.75, 3.05) is 12.9 Å². The van der Waals surface area contributed by atoms with E-state index in [1.165, 1.54) is 18.2 Å². The fourth-order valence-electron chi connectivity index (χ4n) is 1.39. The lowest BCUT2D eigenvalue weighted by Gasteiger charge is -2.11. The van der Waals surface area contributed by atoms with Gasteiger partial charge in [0.15, 0.2) is 0 Å². The second-order valence-corrected chi connectivity index (χ2v) is 5.51. The maximum absolute atomic E-state index is 11.7. The SMILES string of the molecule is CCOc1cc(B(O)O)ccc1C(=O)NS(C)(=O)=O. The van der Waals surface area contributed by atoms with Gasteiger partial charge in [0.1, 0.15) is 5.75 Å². The first-order valence-electron chi connectivity index (χ1n) is 5.39. The second-order valence-electron chi connectivity index (χ2n) is 3.77. The van der Waals surface area contributed by atoms with E-state index in [-0.39, 0.29) is 23.4 Å². The average molecular weight is 287 g/mol. The number of ether oxygens (including phenoxy) is 1. The third-order valence-corrected chi connectivity index (χ3v) is 2.68. The van der Waals surface area contributed by atoms with Crippen LogP contribution in [-0.4, -0.2) is 44.4 Å². The molecule has 1 aromatic rings. The largest absolute Gasteiger partial charge is 0.493 e. The van der Waals surface area contributed by atoms with Crippen LogP contribution in [0, 0.1) is 0 Å². The zero-order chi connectivity index (χ0) is 14.6. The van der Waals surface area contributed by atoms with Crippen molar-refractivity contribution in [3.8, 4) is 5.75 Å². The Balaban J connectivity index is 3.16. The van der Waals surface area contributed by atoms with Crippen LogP contribution in [0.3, 0.4) is 0 Å². The van der Waals surface area contributed by atoms with Gasteiger partial charge in [-0.05, 0) is 24.5 Å². The lowest BCUT2D eigenvalue weighted by molar-refractivity contribution is 0.0978. The Hall–Kier alpha value is -1.58. The predicted octanol–water partition coefficient (Wildman–Crippen LogP) is -1.55. The van der Waals surface area contributed by atoms with Crippen LogP contribution in [0.5, 0.6) is 5.75 Å². The fourth-order valence-corrected chi connectivity index (χ4v) is 1.83. The predicted molar refractivity (Wildman–Crippen MR) is 69.7 cm³/mol. The number of nitrogens with one attached hydrogen (secondary N) is 1. The number of sulfonamides is 1. The maximum atomic E-state index is 11.7. The molecule has 104 valence electrons. The lowest BCUT2D eigenvalue weighted by Crippen LogP contribution is -2.32. The number of benzene rings is 1. The zero-order valence-electron chi connectivity index (χ0n) is 10.5. The minimum absolute atomic E-state index is 0.00308. The number of carbonyl (C=O) groups is 1. The summed E-state index contributed by atoms with van der Waals surface area (Å²) in [5.41, 5.74) is 0.135. The van der Waals surface area contributed by atoms with Gasteiger partial charge in [-0.3, -0.25) is 4.79 Å². The highest BCUT2D eigenvalue weighted by molar-refractivity contribution is 7.89. The van der Waals surface area contributed by atoms with Crippen LogP contribution in [-0.2, 0) is 10.0 Å². The molecule has 0 fully saturated rings. The summed E-state index contributed by atoms with van der Waals surface area (Å²) in [6, 6.07) is 3.83. The summed E-state index contributed by atoms with van der Waals surface area (Å²) in [5.74, 6) is -0.765. The smallest absolute Gasteiger partial charge is 0.488 e. The first kappa shape index (κ1) is 15.5. The molecule has 0 spiro atoms. The van der Waals surface area contributed by atoms with Crippen molar-refractivity contribution >= 4 is 28.5 Å². The van der Waals surface area contributed by atoms with E-state index in [0.29, 0.717) is 0 Å². The monoisotopic (exact) mass is 287 g/mol. The van der Waals surface area contributed by atoms with Crippen LogP contribution in [0.1, 0.15) is 17.3 Å². The highest BCUT2D eigenvalue weighted by atomic mass is 32.2. The minimum atomic E-state index is -3.68. The van der Waals surface area contributed by atoms with Gasteiger partial charge < -0.3 is 14.8 Å². The molecule has 7 nitrogen and oxygen atoms in total. The Kier molecular flexibility index (Phi) is 4.93. The van der Waals surface area contributed by atoms with E-state index in [0.717, 1.165) is 6.26 Å². The summed E-state index contributed by atoms with van der Waals surface area (Å²) < 4.78 is 29.0. The molecule has 9 heteroatoms. The summed E-state index contributed by atoms with van der Waals surface area (Å²) in [6.45, 7) is 1.92. The third kappa shape index (κ3) is 4.54. The summed E-state index contributed by atoms with van der Waals surface area (Å²) in [4.78, 5) is 11.7. The Bertz CT molecular complexity index is 571. The van der Waals surface area contributed by atoms with Crippen molar-refractivity contribution in [3.05, 3.63) is 23.8 Å². The Labute approximate surface area is 111 Å². The topological polar surface area (TPSA) is 113 Å². The quantitative estimate of drug-likeness (QED) is 0.565. The van der Waals surface area contributed by atoms with Crippen LogP contribution in [0.4, 0.5) is 0 Å². The maximum Gasteiger partial charge on any atom is 0.488 e. The van der Waals surface area contributed by atoms with E-state index in [2.05, 4.69) is 0 Å². The lowest BCUT2D eigenvalue weighted by atomic mass is 9.80. The van der Waals surface area contributed by atoms with Gasteiger partial charge in [0.25, 0.3) is 5.91 Å². The molecule has 0 heterocycles. The van der Waals surface area contributed by atoms with Gasteiger partial charge in [-0.1, -0.05) is 6.07 Å². The van der Waals surface area contributed by atoms with Gasteiger partial charge in [0.2, 0.25) is 10.0 Å². The summed E-state index contributed by atoms with van der Waals surface area (Å²) in [7, 11) is -5.39. The molecule has 3 N–H and O–H groups in total. The summed E-state index contributed by atoms with van der Waals surface area (Å²) >= 11 is 0. The molecule has 1 rings (SSSR count). The van der Waals surface area contributed by atoms with Crippen LogP contribution in [0.15, 0.2) is 18.2 Å². The van der Waals surface area contributed by atoms with Gasteiger partial charge in [-0.2, -0.15) is 0 Å². The first-order chi connectivity index (χ1) is 8.74. The van der Waals surface area contributed by atoms with E-state index < -0.39 is 23.0 Å². The van der Waals surface area contributed by atoms with Gasteiger partial charge in [0, 0.05) is 0 Å². The highest BCUT2D eigenvalue weighted by Crippen LogP contribution is 2.17. The van der Waals surface area contributed by atoms with Gasteiger partial charge >= 0.3 is 7.12 Å². The number of rotatable bonds is 5. The molecule has 0 unspecified atom stereocenters. The number of amides is 1. The molecule has 0 aromatic heterocycles. The molecule has 0 atom stereocenters. The highest BCUT2D eigenvalue weighted by Gasteiger charge is 2.19. The van der Waals surface area contributed by atoms with E-state index >= 15 is 0 Å². The van der Waals surface area contributed by atoms with Crippen molar-refractivity contribution < 1.29 is 28.0 Å². The van der Waals surface area contributed by atoms with Crippen LogP contribution in [0.25, 0.3) is 0 Å². The molecule has 0 radical (unpaired) electrons. The zero-order valence-corrected chi connectivity index (χ0v) is 11.3. The van der Waals surface area contributed by atoms with Crippen LogP contribution in [0.2, 0.25) is 0 Å². The molecule has 1 amide bonds. The van der Waals surface area contributed by atoms with E-state index in [1.54, 1.807) is 6.92 Å². The standard InChI is InChI=1S/C10H14BNO6S/c1-3-18-9-6-7(11(14)15)4-5-8(9)10(13)12-19(2,16)17/h4-6,14-15H,3H2,1-2H3,(H,12,13). The molecule has 0 aliphatic rings. The molecule has 0 saturated carbocycles. The number of hydrogen-bond acceptors (Lipinski definition) is 6. The molecular formula is C10H14BNO6S. The Morgan fingerprint density at radius 1 is 1.42 bits per heavy atom. The van der Waals surface area contributed by atoms with Crippen molar-refractivity contribution in [1.29, 1.82) is 0 Å². The van der Waals surface area contributed by atoms with Crippen LogP contribution < -0.4 is 14.9 Å². The number of carbonyl (C=O) groups excluding carboxylic acids is 1. The third-order valence-electron chi connectivity index (χ3n) is 2.13. The Morgan fingerprint density at radius 2 is 2.05 bits per heavy atom. The average Bonchev–Trinajstić information content (AvgIpc) is 2.26. The van der Waals surface area contributed by atoms with Crippen molar-refractivity contribution in [2.24, 2.45) is 0 Å². The molecule has 19 heavy (non-hydrogen) atoms. The van der Waals surface area contributed by atoms with Gasteiger partial charge in [-0.25, -0.2) is 13.1 Å². The molecule has 0 bridgehead atoms. The van der Waals surface area contributed by atoms with Crippen molar-refractivity contribution in [2.45, 2.75) is 6.92 Å². The van der Waals surface area contributed by atoms with E-state index in [9.17, 15) is 13.2 Å². The molecular weight excluding hydrogens is 273 g/mol. The van der Waals surface area contributed by atoms with E-state index in [4.69, 9.17) is 14.8 Å². The number of hydrogen-bond donors (Lipinski definition) is 3. The normalized spacial score (nSPS) is 10.9. The molecule has 0 aliphatic carbocycles. The van der Waals surface area contributed by atoms with E-state index in [1.807, 2.05) is 4.72 Å². The molecule has 1 aromatic carbocycles. The first-order valence-corrected chi connectivity index (χ1v) is 7.28. The second kappa shape index (κ2) is 6.05. The van der Waals surface area contributed by atoms with Crippen molar-refractivity contribution in [1.82, 2.24) is 4.72 Å². The molecule has 0 aliphatic heterocycles. The summed E-state index contributed by atoms with van der Waals surface area (Å²) in [6.07, 6.45) is 0.858. The fraction of sp³-hybridized carbons (Fsp3) is 0.300. The van der Waals surface area contributed by atoms with Crippen molar-refractivity contribution in [3.63, 3.8) is 0 Å². The molecule has 0 saturated heterocycles. The van der Waals surface area contributed by atoms with Gasteiger partial charge in [-0.15, -0.1) is 0 Å². The summed E-state index contributed by atoms with van der Waals surface area (Å²) in [5, 5.41) is 18.1. The van der Waals surface area contributed by atoms with Crippen LogP contribution >= 0.6 is 0 Å². The minimum Gasteiger partial charge on any atom is -0.493 e. The Morgan fingerprint density at radius 3 is 2.53 bits per heavy atom. The van der Waals surface area contributed by atoms with Gasteiger partial charge in [0.05, 0.1) is 18.4 Å².